The molecule has 0 heterocycles. The van der Waals surface area contributed by atoms with Crippen LogP contribution in [0.5, 0.6) is 5.75 Å². The lowest BCUT2D eigenvalue weighted by molar-refractivity contribution is -0.124. The number of primary amides is 1. The summed E-state index contributed by atoms with van der Waals surface area (Å²) in [5.74, 6) is -0.422. The van der Waals surface area contributed by atoms with Crippen LogP contribution in [0.1, 0.15) is 15.9 Å². The third-order valence-corrected chi connectivity index (χ3v) is 3.39. The first-order valence-electron chi connectivity index (χ1n) is 7.72. The summed E-state index contributed by atoms with van der Waals surface area (Å²) < 4.78 is 10.2. The zero-order valence-corrected chi connectivity index (χ0v) is 14.2. The van der Waals surface area contributed by atoms with E-state index in [1.807, 2.05) is 18.2 Å². The Morgan fingerprint density at radius 2 is 1.73 bits per heavy atom. The number of urea groups is 1. The van der Waals surface area contributed by atoms with Gasteiger partial charge in [0.25, 0.3) is 5.91 Å². The molecule has 0 aromatic heterocycles. The van der Waals surface area contributed by atoms with E-state index in [1.54, 1.807) is 13.2 Å². The highest BCUT2D eigenvalue weighted by molar-refractivity contribution is 5.93. The minimum Gasteiger partial charge on any atom is -0.496 e. The average molecular weight is 357 g/mol. The number of nitrogens with one attached hydrogen (secondary N) is 2. The summed E-state index contributed by atoms with van der Waals surface area (Å²) in [7, 11) is 1.55. The lowest BCUT2D eigenvalue weighted by Gasteiger charge is -2.10. The van der Waals surface area contributed by atoms with Crippen LogP contribution < -0.4 is 21.1 Å². The molecule has 0 saturated carbocycles. The molecule has 0 saturated heterocycles. The monoisotopic (exact) mass is 357 g/mol. The lowest BCUT2D eigenvalue weighted by atomic mass is 10.2. The highest BCUT2D eigenvalue weighted by Gasteiger charge is 2.11. The summed E-state index contributed by atoms with van der Waals surface area (Å²) >= 11 is 0. The summed E-state index contributed by atoms with van der Waals surface area (Å²) in [6.07, 6.45) is 0. The molecule has 8 nitrogen and oxygen atoms in total. The third kappa shape index (κ3) is 5.52. The Balaban J connectivity index is 1.81. The Labute approximate surface area is 150 Å². The van der Waals surface area contributed by atoms with Gasteiger partial charge in [-0.2, -0.15) is 0 Å². The molecule has 136 valence electrons. The fourth-order valence-corrected chi connectivity index (χ4v) is 2.14. The van der Waals surface area contributed by atoms with Crippen LogP contribution in [0, 0.1) is 0 Å². The van der Waals surface area contributed by atoms with Gasteiger partial charge in [0.2, 0.25) is 0 Å². The van der Waals surface area contributed by atoms with Gasteiger partial charge in [-0.05, 0) is 30.3 Å². The lowest BCUT2D eigenvalue weighted by Crippen LogP contribution is -2.28. The second-order valence-electron chi connectivity index (χ2n) is 5.23. The molecule has 3 amide bonds. The number of anilines is 1. The number of hydrogen-bond acceptors (Lipinski definition) is 5. The maximum Gasteiger partial charge on any atom is 0.338 e. The van der Waals surface area contributed by atoms with Gasteiger partial charge in [0.15, 0.2) is 6.61 Å². The second kappa shape index (κ2) is 9.07. The van der Waals surface area contributed by atoms with Crippen molar-refractivity contribution in [2.24, 2.45) is 5.73 Å². The van der Waals surface area contributed by atoms with Gasteiger partial charge in [-0.15, -0.1) is 0 Å². The van der Waals surface area contributed by atoms with Crippen molar-refractivity contribution in [3.8, 4) is 5.75 Å². The second-order valence-corrected chi connectivity index (χ2v) is 5.23. The number of carbonyl (C=O) groups excluding carboxylic acids is 3. The molecule has 8 heteroatoms. The molecule has 0 bridgehead atoms. The number of methoxy groups -OCH3 is 1. The molecule has 26 heavy (non-hydrogen) atoms. The minimum atomic E-state index is -0.702. The quantitative estimate of drug-likeness (QED) is 0.651. The number of benzene rings is 2. The zero-order valence-electron chi connectivity index (χ0n) is 14.2. The van der Waals surface area contributed by atoms with Gasteiger partial charge in [-0.3, -0.25) is 4.79 Å². The maximum absolute atomic E-state index is 11.9. The molecule has 0 fully saturated rings. The molecule has 0 unspecified atom stereocenters. The van der Waals surface area contributed by atoms with Crippen LogP contribution in [0.15, 0.2) is 48.5 Å². The van der Waals surface area contributed by atoms with Crippen LogP contribution >= 0.6 is 0 Å². The molecule has 2 rings (SSSR count). The van der Waals surface area contributed by atoms with E-state index in [0.717, 1.165) is 5.56 Å². The predicted molar refractivity (Wildman–Crippen MR) is 94.8 cm³/mol. The van der Waals surface area contributed by atoms with Crippen molar-refractivity contribution in [2.75, 3.05) is 19.0 Å². The Hall–Kier alpha value is -3.55. The van der Waals surface area contributed by atoms with E-state index >= 15 is 0 Å². The number of nitrogens with two attached hydrogens (primary N) is 1. The van der Waals surface area contributed by atoms with E-state index in [-0.39, 0.29) is 12.1 Å². The van der Waals surface area contributed by atoms with Crippen LogP contribution in [0.3, 0.4) is 0 Å². The van der Waals surface area contributed by atoms with Crippen molar-refractivity contribution in [3.63, 3.8) is 0 Å². The van der Waals surface area contributed by atoms with Crippen molar-refractivity contribution in [1.29, 1.82) is 0 Å². The van der Waals surface area contributed by atoms with E-state index in [1.165, 1.54) is 24.3 Å². The number of para-hydroxylation sites is 1. The van der Waals surface area contributed by atoms with Crippen LogP contribution in [0.2, 0.25) is 0 Å². The van der Waals surface area contributed by atoms with E-state index in [2.05, 4.69) is 10.6 Å². The average Bonchev–Trinajstić information content (AvgIpc) is 2.64. The normalized spacial score (nSPS) is 9.88. The molecule has 0 atom stereocenters. The first-order valence-corrected chi connectivity index (χ1v) is 7.72. The van der Waals surface area contributed by atoms with E-state index in [0.29, 0.717) is 11.4 Å². The van der Waals surface area contributed by atoms with Gasteiger partial charge in [0.1, 0.15) is 5.75 Å². The van der Waals surface area contributed by atoms with Gasteiger partial charge in [-0.1, -0.05) is 18.2 Å². The van der Waals surface area contributed by atoms with Gasteiger partial charge < -0.3 is 25.8 Å². The molecule has 2 aromatic rings. The highest BCUT2D eigenvalue weighted by atomic mass is 16.5. The smallest absolute Gasteiger partial charge is 0.338 e. The number of amides is 3. The maximum atomic E-state index is 11.9. The Bertz CT molecular complexity index is 790. The molecule has 4 N–H and O–H groups in total. The Kier molecular flexibility index (Phi) is 6.55. The number of esters is 1. The number of ether oxygens (including phenoxy) is 2. The third-order valence-electron chi connectivity index (χ3n) is 3.39. The molecule has 0 aliphatic heterocycles. The summed E-state index contributed by atoms with van der Waals surface area (Å²) in [6.45, 7) is -0.150. The topological polar surface area (TPSA) is 120 Å². The van der Waals surface area contributed by atoms with Crippen molar-refractivity contribution >= 4 is 23.6 Å². The van der Waals surface area contributed by atoms with Crippen LogP contribution in [-0.2, 0) is 16.1 Å². The number of hydrogen-bond donors (Lipinski definition) is 3. The molecule has 0 aliphatic rings. The molecule has 0 radical (unpaired) electrons. The first-order chi connectivity index (χ1) is 12.5. The minimum absolute atomic E-state index is 0.248. The predicted octanol–water partition coefficient (Wildman–Crippen LogP) is 1.66. The Morgan fingerprint density at radius 3 is 2.38 bits per heavy atom. The Morgan fingerprint density at radius 1 is 1.04 bits per heavy atom. The first kappa shape index (κ1) is 18.8. The summed E-state index contributed by atoms with van der Waals surface area (Å²) in [6, 6.07) is 12.5. The van der Waals surface area contributed by atoms with Crippen molar-refractivity contribution in [3.05, 3.63) is 59.7 Å². The highest BCUT2D eigenvalue weighted by Crippen LogP contribution is 2.16. The zero-order chi connectivity index (χ0) is 18.9. The summed E-state index contributed by atoms with van der Waals surface area (Å²) in [5.41, 5.74) is 6.51. The van der Waals surface area contributed by atoms with E-state index in [9.17, 15) is 14.4 Å². The van der Waals surface area contributed by atoms with Crippen molar-refractivity contribution in [2.45, 2.75) is 6.54 Å². The largest absolute Gasteiger partial charge is 0.496 e. The van der Waals surface area contributed by atoms with Crippen LogP contribution in [0.25, 0.3) is 0 Å². The van der Waals surface area contributed by atoms with Gasteiger partial charge in [0, 0.05) is 17.8 Å². The molecular formula is C18H19N3O5. The van der Waals surface area contributed by atoms with Gasteiger partial charge in [-0.25, -0.2) is 9.59 Å². The molecule has 0 aliphatic carbocycles. The fraction of sp³-hybridized carbons (Fsp3) is 0.167. The number of rotatable bonds is 7. The van der Waals surface area contributed by atoms with Crippen LogP contribution in [0.4, 0.5) is 10.5 Å². The van der Waals surface area contributed by atoms with E-state index in [4.69, 9.17) is 15.2 Å². The molecule has 0 spiro atoms. The van der Waals surface area contributed by atoms with Crippen molar-refractivity contribution < 1.29 is 23.9 Å². The van der Waals surface area contributed by atoms with Gasteiger partial charge in [0.05, 0.1) is 12.7 Å². The number of carbonyl (C=O) groups is 3. The molecular weight excluding hydrogens is 338 g/mol. The summed E-state index contributed by atoms with van der Waals surface area (Å²) in [5, 5.41) is 5.03. The standard InChI is InChI=1S/C18H19N3O5/c1-25-15-5-3-2-4-13(15)10-20-16(22)11-26-17(23)12-6-8-14(9-7-12)21-18(19)24/h2-9H,10-11H2,1H3,(H,20,22)(H3,19,21,24). The van der Waals surface area contributed by atoms with Gasteiger partial charge >= 0.3 is 12.0 Å². The molecule has 2 aromatic carbocycles. The summed E-state index contributed by atoms with van der Waals surface area (Å²) in [4.78, 5) is 34.5. The van der Waals surface area contributed by atoms with E-state index < -0.39 is 24.5 Å². The van der Waals surface area contributed by atoms with Crippen molar-refractivity contribution in [1.82, 2.24) is 5.32 Å². The SMILES string of the molecule is COc1ccccc1CNC(=O)COC(=O)c1ccc(NC(N)=O)cc1. The van der Waals surface area contributed by atoms with Crippen LogP contribution in [-0.4, -0.2) is 31.6 Å². The fourth-order valence-electron chi connectivity index (χ4n) is 2.14.